The minimum Gasteiger partial charge on any atom is -0.508 e. The number of ether oxygens (including phenoxy) is 2. The first kappa shape index (κ1) is 14.4. The van der Waals surface area contributed by atoms with E-state index in [4.69, 9.17) is 9.47 Å². The van der Waals surface area contributed by atoms with Crippen LogP contribution in [0.2, 0.25) is 0 Å². The van der Waals surface area contributed by atoms with Crippen LogP contribution in [0, 0.1) is 0 Å². The van der Waals surface area contributed by atoms with E-state index in [0.717, 1.165) is 37.6 Å². The fraction of sp³-hybridized carbons (Fsp3) is 0.375. The molecule has 1 aromatic carbocycles. The van der Waals surface area contributed by atoms with Gasteiger partial charge in [0.05, 0.1) is 26.4 Å². The highest BCUT2D eigenvalue weighted by molar-refractivity contribution is 7.08. The molecule has 2 aromatic rings. The third-order valence-corrected chi connectivity index (χ3v) is 4.50. The molecule has 1 aliphatic rings. The van der Waals surface area contributed by atoms with Crippen molar-refractivity contribution >= 4 is 11.3 Å². The van der Waals surface area contributed by atoms with E-state index >= 15 is 0 Å². The summed E-state index contributed by atoms with van der Waals surface area (Å²) in [4.78, 5) is 2.35. The van der Waals surface area contributed by atoms with Gasteiger partial charge in [-0.15, -0.1) is 0 Å². The molecule has 0 spiro atoms. The summed E-state index contributed by atoms with van der Waals surface area (Å²) in [5.41, 5.74) is 2.08. The van der Waals surface area contributed by atoms with E-state index in [1.807, 2.05) is 6.07 Å². The minimum absolute atomic E-state index is 0.0373. The quantitative estimate of drug-likeness (QED) is 0.943. The zero-order chi connectivity index (χ0) is 14.7. The van der Waals surface area contributed by atoms with Crippen molar-refractivity contribution < 1.29 is 14.6 Å². The molecule has 112 valence electrons. The highest BCUT2D eigenvalue weighted by Gasteiger charge is 2.27. The molecule has 1 saturated heterocycles. The predicted octanol–water partition coefficient (Wildman–Crippen LogP) is 2.88. The van der Waals surface area contributed by atoms with Crippen LogP contribution < -0.4 is 4.74 Å². The standard InChI is InChI=1S/C16H19NO3S/c1-19-13-2-3-15(18)14(10-13)16(12-4-9-21-11-12)17-5-7-20-8-6-17/h2-4,9-11,16,18H,5-8H2,1H3. The second-order valence-electron chi connectivity index (χ2n) is 5.03. The van der Waals surface area contributed by atoms with Gasteiger partial charge in [0.1, 0.15) is 11.5 Å². The van der Waals surface area contributed by atoms with Gasteiger partial charge in [0.2, 0.25) is 0 Å². The van der Waals surface area contributed by atoms with Crippen molar-refractivity contribution in [1.29, 1.82) is 0 Å². The summed E-state index contributed by atoms with van der Waals surface area (Å²) in [6.45, 7) is 3.17. The molecule has 4 nitrogen and oxygen atoms in total. The second-order valence-corrected chi connectivity index (χ2v) is 5.81. The Balaban J connectivity index is 2.02. The molecule has 0 radical (unpaired) electrons. The lowest BCUT2D eigenvalue weighted by Gasteiger charge is -2.35. The molecule has 0 bridgehead atoms. The SMILES string of the molecule is COc1ccc(O)c(C(c2ccsc2)N2CCOCC2)c1. The summed E-state index contributed by atoms with van der Waals surface area (Å²) >= 11 is 1.67. The molecule has 1 atom stereocenters. The number of nitrogens with zero attached hydrogens (tertiary/aromatic N) is 1. The van der Waals surface area contributed by atoms with Crippen molar-refractivity contribution in [2.75, 3.05) is 33.4 Å². The average molecular weight is 305 g/mol. The van der Waals surface area contributed by atoms with Gasteiger partial charge < -0.3 is 14.6 Å². The molecule has 0 aliphatic carbocycles. The van der Waals surface area contributed by atoms with Gasteiger partial charge in [0.15, 0.2) is 0 Å². The summed E-state index contributed by atoms with van der Waals surface area (Å²) in [5, 5.41) is 14.5. The molecule has 21 heavy (non-hydrogen) atoms. The molecule has 2 heterocycles. The molecular formula is C16H19NO3S. The normalized spacial score (nSPS) is 17.6. The smallest absolute Gasteiger partial charge is 0.120 e. The van der Waals surface area contributed by atoms with Gasteiger partial charge in [-0.1, -0.05) is 0 Å². The number of phenolic OH excluding ortho intramolecular Hbond substituents is 1. The Morgan fingerprint density at radius 2 is 2.10 bits per heavy atom. The topological polar surface area (TPSA) is 41.9 Å². The summed E-state index contributed by atoms with van der Waals surface area (Å²) in [6, 6.07) is 7.56. The lowest BCUT2D eigenvalue weighted by atomic mass is 9.98. The number of thiophene rings is 1. The van der Waals surface area contributed by atoms with Gasteiger partial charge in [-0.2, -0.15) is 11.3 Å². The lowest BCUT2D eigenvalue weighted by molar-refractivity contribution is 0.0236. The molecule has 0 saturated carbocycles. The van der Waals surface area contributed by atoms with Crippen molar-refractivity contribution in [1.82, 2.24) is 4.90 Å². The van der Waals surface area contributed by atoms with Crippen molar-refractivity contribution in [3.63, 3.8) is 0 Å². The maximum atomic E-state index is 10.3. The maximum Gasteiger partial charge on any atom is 0.120 e. The van der Waals surface area contributed by atoms with Gasteiger partial charge in [-0.25, -0.2) is 0 Å². The van der Waals surface area contributed by atoms with E-state index in [2.05, 4.69) is 21.7 Å². The molecule has 1 aromatic heterocycles. The zero-order valence-corrected chi connectivity index (χ0v) is 12.8. The largest absolute Gasteiger partial charge is 0.508 e. The number of rotatable bonds is 4. The van der Waals surface area contributed by atoms with Gasteiger partial charge in [-0.05, 0) is 40.6 Å². The molecule has 1 aliphatic heterocycles. The number of phenols is 1. The van der Waals surface area contributed by atoms with Crippen molar-refractivity contribution in [3.05, 3.63) is 46.2 Å². The Labute approximate surface area is 128 Å². The summed E-state index contributed by atoms with van der Waals surface area (Å²) in [7, 11) is 1.64. The molecule has 3 rings (SSSR count). The summed E-state index contributed by atoms with van der Waals surface area (Å²) in [6.07, 6.45) is 0. The van der Waals surface area contributed by atoms with Crippen molar-refractivity contribution in [2.45, 2.75) is 6.04 Å². The first-order valence-electron chi connectivity index (χ1n) is 7.00. The Kier molecular flexibility index (Phi) is 4.43. The second kappa shape index (κ2) is 6.47. The molecule has 5 heteroatoms. The van der Waals surface area contributed by atoms with Crippen LogP contribution in [0.3, 0.4) is 0 Å². The first-order valence-corrected chi connectivity index (χ1v) is 7.94. The first-order chi connectivity index (χ1) is 10.3. The minimum atomic E-state index is 0.0373. The van der Waals surface area contributed by atoms with Crippen LogP contribution in [-0.2, 0) is 4.74 Å². The Bertz CT molecular complexity index is 579. The molecule has 0 amide bonds. The van der Waals surface area contributed by atoms with E-state index in [1.165, 1.54) is 5.56 Å². The van der Waals surface area contributed by atoms with Crippen LogP contribution in [0.1, 0.15) is 17.2 Å². The van der Waals surface area contributed by atoms with E-state index in [0.29, 0.717) is 5.75 Å². The number of hydrogen-bond donors (Lipinski definition) is 1. The van der Waals surface area contributed by atoms with E-state index in [-0.39, 0.29) is 6.04 Å². The van der Waals surface area contributed by atoms with Crippen LogP contribution in [0.5, 0.6) is 11.5 Å². The van der Waals surface area contributed by atoms with Crippen LogP contribution in [-0.4, -0.2) is 43.4 Å². The number of benzene rings is 1. The average Bonchev–Trinajstić information content (AvgIpc) is 3.04. The van der Waals surface area contributed by atoms with E-state index in [1.54, 1.807) is 30.6 Å². The fourth-order valence-electron chi connectivity index (χ4n) is 2.73. The van der Waals surface area contributed by atoms with Crippen LogP contribution in [0.25, 0.3) is 0 Å². The lowest BCUT2D eigenvalue weighted by Crippen LogP contribution is -2.39. The van der Waals surface area contributed by atoms with Crippen LogP contribution in [0.15, 0.2) is 35.0 Å². The molecular weight excluding hydrogens is 286 g/mol. The van der Waals surface area contributed by atoms with Gasteiger partial charge in [0.25, 0.3) is 0 Å². The van der Waals surface area contributed by atoms with Crippen molar-refractivity contribution in [3.8, 4) is 11.5 Å². The third kappa shape index (κ3) is 3.05. The predicted molar refractivity (Wildman–Crippen MR) is 83.2 cm³/mol. The fourth-order valence-corrected chi connectivity index (χ4v) is 3.41. The Morgan fingerprint density at radius 3 is 2.76 bits per heavy atom. The van der Waals surface area contributed by atoms with Gasteiger partial charge in [0, 0.05) is 18.7 Å². The molecule has 1 fully saturated rings. The number of hydrogen-bond acceptors (Lipinski definition) is 5. The Hall–Kier alpha value is -1.56. The van der Waals surface area contributed by atoms with Crippen LogP contribution in [0.4, 0.5) is 0 Å². The van der Waals surface area contributed by atoms with Crippen molar-refractivity contribution in [2.24, 2.45) is 0 Å². The highest BCUT2D eigenvalue weighted by atomic mass is 32.1. The summed E-state index contributed by atoms with van der Waals surface area (Å²) in [5.74, 6) is 1.06. The molecule has 1 unspecified atom stereocenters. The summed E-state index contributed by atoms with van der Waals surface area (Å²) < 4.78 is 10.8. The molecule has 1 N–H and O–H groups in total. The maximum absolute atomic E-state index is 10.3. The number of morpholine rings is 1. The monoisotopic (exact) mass is 305 g/mol. The van der Waals surface area contributed by atoms with Gasteiger partial charge >= 0.3 is 0 Å². The van der Waals surface area contributed by atoms with E-state index < -0.39 is 0 Å². The number of methoxy groups -OCH3 is 1. The highest BCUT2D eigenvalue weighted by Crippen LogP contribution is 2.37. The third-order valence-electron chi connectivity index (χ3n) is 3.80. The number of aromatic hydroxyl groups is 1. The van der Waals surface area contributed by atoms with E-state index in [9.17, 15) is 5.11 Å². The zero-order valence-electron chi connectivity index (χ0n) is 12.0. The van der Waals surface area contributed by atoms with Gasteiger partial charge in [-0.3, -0.25) is 4.90 Å². The van der Waals surface area contributed by atoms with Crippen LogP contribution >= 0.6 is 11.3 Å². The Morgan fingerprint density at radius 1 is 1.29 bits per heavy atom.